The lowest BCUT2D eigenvalue weighted by molar-refractivity contribution is -0.112. The molecule has 39 heavy (non-hydrogen) atoms. The van der Waals surface area contributed by atoms with E-state index in [1.165, 1.54) is 6.20 Å². The number of aromatic nitrogens is 1. The van der Waals surface area contributed by atoms with Crippen LogP contribution < -0.4 is 15.4 Å². The number of hydrogen-bond acceptors (Lipinski definition) is 8. The standard InChI is InChI=1S/C29H32BrN5O4/c1-37-11-10-35-8-6-20(7-9-35)14-28(36)34-26-16-24-25(17-27(26)39-13-12-38-2)32-19-21(18-31)29(24)33-23-5-3-4-22(30)15-23/h3-5,14-17,19H,6-13H2,1-2H3,(H,32,33)(H,34,36). The number of halogens is 1. The molecule has 2 heterocycles. The fraction of sp³-hybridized carbons (Fsp3) is 0.345. The summed E-state index contributed by atoms with van der Waals surface area (Å²) in [5.41, 5.74) is 4.01. The van der Waals surface area contributed by atoms with Gasteiger partial charge in [-0.25, -0.2) is 0 Å². The van der Waals surface area contributed by atoms with E-state index in [2.05, 4.69) is 42.5 Å². The van der Waals surface area contributed by atoms with E-state index in [-0.39, 0.29) is 5.91 Å². The van der Waals surface area contributed by atoms with Gasteiger partial charge in [0, 0.05) is 67.7 Å². The molecule has 9 nitrogen and oxygen atoms in total. The number of likely N-dealkylation sites (tertiary alicyclic amines) is 1. The summed E-state index contributed by atoms with van der Waals surface area (Å²) in [5, 5.41) is 16.8. The number of pyridine rings is 1. The first-order valence-corrected chi connectivity index (χ1v) is 13.5. The minimum Gasteiger partial charge on any atom is -0.489 e. The smallest absolute Gasteiger partial charge is 0.248 e. The van der Waals surface area contributed by atoms with Crippen LogP contribution in [-0.2, 0) is 14.3 Å². The Kier molecular flexibility index (Phi) is 10.3. The summed E-state index contributed by atoms with van der Waals surface area (Å²) >= 11 is 3.49. The van der Waals surface area contributed by atoms with E-state index in [4.69, 9.17) is 14.2 Å². The number of benzene rings is 2. The van der Waals surface area contributed by atoms with Gasteiger partial charge >= 0.3 is 0 Å². The number of anilines is 3. The number of piperidine rings is 1. The van der Waals surface area contributed by atoms with Crippen LogP contribution in [0.5, 0.6) is 5.75 Å². The maximum atomic E-state index is 13.1. The normalized spacial score (nSPS) is 13.6. The molecule has 0 bridgehead atoms. The lowest BCUT2D eigenvalue weighted by Gasteiger charge is -2.27. The van der Waals surface area contributed by atoms with Crippen LogP contribution in [0.1, 0.15) is 18.4 Å². The van der Waals surface area contributed by atoms with Gasteiger partial charge in [-0.15, -0.1) is 0 Å². The molecular formula is C29H32BrN5O4. The predicted octanol–water partition coefficient (Wildman–Crippen LogP) is 5.24. The van der Waals surface area contributed by atoms with Crippen molar-refractivity contribution in [3.05, 3.63) is 64.3 Å². The van der Waals surface area contributed by atoms with Gasteiger partial charge in [0.25, 0.3) is 0 Å². The predicted molar refractivity (Wildman–Crippen MR) is 156 cm³/mol. The van der Waals surface area contributed by atoms with Gasteiger partial charge in [-0.05, 0) is 37.1 Å². The molecule has 0 aliphatic carbocycles. The van der Waals surface area contributed by atoms with E-state index >= 15 is 0 Å². The fourth-order valence-corrected chi connectivity index (χ4v) is 4.78. The number of carbonyl (C=O) groups excluding carboxylic acids is 1. The monoisotopic (exact) mass is 593 g/mol. The van der Waals surface area contributed by atoms with Crippen molar-refractivity contribution >= 4 is 49.8 Å². The molecule has 3 aromatic rings. The van der Waals surface area contributed by atoms with Gasteiger partial charge in [0.2, 0.25) is 5.91 Å². The quantitative estimate of drug-likeness (QED) is 0.229. The summed E-state index contributed by atoms with van der Waals surface area (Å²) < 4.78 is 17.2. The summed E-state index contributed by atoms with van der Waals surface area (Å²) in [6, 6.07) is 13.5. The highest BCUT2D eigenvalue weighted by Gasteiger charge is 2.17. The molecule has 1 fully saturated rings. The first kappa shape index (κ1) is 28.5. The zero-order chi connectivity index (χ0) is 27.6. The van der Waals surface area contributed by atoms with Gasteiger partial charge in [0.15, 0.2) is 0 Å². The summed E-state index contributed by atoms with van der Waals surface area (Å²) in [6.07, 6.45) is 4.88. The summed E-state index contributed by atoms with van der Waals surface area (Å²) in [5.74, 6) is 0.253. The second-order valence-corrected chi connectivity index (χ2v) is 10.0. The number of amides is 1. The van der Waals surface area contributed by atoms with E-state index in [1.807, 2.05) is 24.3 Å². The van der Waals surface area contributed by atoms with E-state index in [1.54, 1.807) is 32.4 Å². The number of nitrogens with one attached hydrogen (secondary N) is 2. The van der Waals surface area contributed by atoms with Crippen LogP contribution in [0.15, 0.2) is 58.7 Å². The lowest BCUT2D eigenvalue weighted by atomic mass is 10.0. The Labute approximate surface area is 236 Å². The van der Waals surface area contributed by atoms with Crippen molar-refractivity contribution in [1.82, 2.24) is 9.88 Å². The summed E-state index contributed by atoms with van der Waals surface area (Å²) in [6.45, 7) is 4.10. The van der Waals surface area contributed by atoms with E-state index in [0.29, 0.717) is 53.4 Å². The number of nitriles is 1. The van der Waals surface area contributed by atoms with Crippen molar-refractivity contribution in [2.75, 3.05) is 64.3 Å². The van der Waals surface area contributed by atoms with Gasteiger partial charge in [-0.3, -0.25) is 9.78 Å². The Bertz CT molecular complexity index is 1380. The molecule has 2 aromatic carbocycles. The lowest BCUT2D eigenvalue weighted by Crippen LogP contribution is -2.33. The minimum absolute atomic E-state index is 0.225. The molecule has 204 valence electrons. The first-order chi connectivity index (χ1) is 19.0. The molecule has 0 unspecified atom stereocenters. The third-order valence-electron chi connectivity index (χ3n) is 6.43. The van der Waals surface area contributed by atoms with Crippen molar-refractivity contribution in [1.29, 1.82) is 5.26 Å². The number of fused-ring (bicyclic) bond motifs is 1. The van der Waals surface area contributed by atoms with Crippen molar-refractivity contribution < 1.29 is 19.0 Å². The van der Waals surface area contributed by atoms with Crippen molar-refractivity contribution in [3.63, 3.8) is 0 Å². The van der Waals surface area contributed by atoms with Gasteiger partial charge in [0.1, 0.15) is 18.4 Å². The highest BCUT2D eigenvalue weighted by molar-refractivity contribution is 9.10. The average molecular weight is 595 g/mol. The van der Waals surface area contributed by atoms with E-state index < -0.39 is 0 Å². The molecular weight excluding hydrogens is 562 g/mol. The molecule has 0 spiro atoms. The van der Waals surface area contributed by atoms with Crippen LogP contribution in [0.25, 0.3) is 10.9 Å². The Balaban J connectivity index is 1.64. The number of nitrogens with zero attached hydrogens (tertiary/aromatic N) is 3. The molecule has 1 aromatic heterocycles. The van der Waals surface area contributed by atoms with Crippen LogP contribution in [0.3, 0.4) is 0 Å². The molecule has 1 saturated heterocycles. The summed E-state index contributed by atoms with van der Waals surface area (Å²) in [4.78, 5) is 19.9. The topological polar surface area (TPSA) is 109 Å². The van der Waals surface area contributed by atoms with Crippen molar-refractivity contribution in [2.24, 2.45) is 0 Å². The van der Waals surface area contributed by atoms with Crippen LogP contribution in [0.2, 0.25) is 0 Å². The fourth-order valence-electron chi connectivity index (χ4n) is 4.38. The van der Waals surface area contributed by atoms with Gasteiger partial charge in [0.05, 0.1) is 35.7 Å². The number of carbonyl (C=O) groups is 1. The second-order valence-electron chi connectivity index (χ2n) is 9.13. The molecule has 1 aliphatic heterocycles. The van der Waals surface area contributed by atoms with Crippen molar-refractivity contribution in [3.8, 4) is 11.8 Å². The van der Waals surface area contributed by atoms with Crippen LogP contribution >= 0.6 is 15.9 Å². The maximum absolute atomic E-state index is 13.1. The number of methoxy groups -OCH3 is 2. The highest BCUT2D eigenvalue weighted by atomic mass is 79.9. The number of ether oxygens (including phenoxy) is 3. The number of hydrogen-bond donors (Lipinski definition) is 2. The molecule has 10 heteroatoms. The molecule has 2 N–H and O–H groups in total. The number of rotatable bonds is 11. The maximum Gasteiger partial charge on any atom is 0.248 e. The highest BCUT2D eigenvalue weighted by Crippen LogP contribution is 2.36. The minimum atomic E-state index is -0.225. The van der Waals surface area contributed by atoms with Gasteiger partial charge < -0.3 is 29.7 Å². The SMILES string of the molecule is COCCOc1cc2ncc(C#N)c(Nc3cccc(Br)c3)c2cc1NC(=O)C=C1CCN(CCOC)CC1. The van der Waals surface area contributed by atoms with Crippen LogP contribution in [0, 0.1) is 11.3 Å². The zero-order valence-electron chi connectivity index (χ0n) is 22.1. The molecule has 0 radical (unpaired) electrons. The molecule has 1 aliphatic rings. The molecule has 1 amide bonds. The van der Waals surface area contributed by atoms with Crippen molar-refractivity contribution in [2.45, 2.75) is 12.8 Å². The summed E-state index contributed by atoms with van der Waals surface area (Å²) in [7, 11) is 3.31. The van der Waals surface area contributed by atoms with E-state index in [9.17, 15) is 10.1 Å². The zero-order valence-corrected chi connectivity index (χ0v) is 23.7. The largest absolute Gasteiger partial charge is 0.489 e. The Morgan fingerprint density at radius 2 is 1.95 bits per heavy atom. The molecule has 4 rings (SSSR count). The molecule has 0 saturated carbocycles. The Morgan fingerprint density at radius 3 is 2.67 bits per heavy atom. The Morgan fingerprint density at radius 1 is 1.15 bits per heavy atom. The first-order valence-electron chi connectivity index (χ1n) is 12.7. The Hall–Kier alpha value is -3.49. The van der Waals surface area contributed by atoms with Gasteiger partial charge in [-0.2, -0.15) is 5.26 Å². The second kappa shape index (κ2) is 14.1. The van der Waals surface area contributed by atoms with E-state index in [0.717, 1.165) is 48.2 Å². The molecule has 0 atom stereocenters. The third-order valence-corrected chi connectivity index (χ3v) is 6.93. The van der Waals surface area contributed by atoms with Gasteiger partial charge in [-0.1, -0.05) is 27.6 Å². The average Bonchev–Trinajstić information content (AvgIpc) is 2.93. The van der Waals surface area contributed by atoms with Crippen LogP contribution in [0.4, 0.5) is 17.1 Å². The third kappa shape index (κ3) is 7.77. The van der Waals surface area contributed by atoms with Crippen LogP contribution in [-0.4, -0.2) is 69.5 Å².